The number of hydrogen-bond acceptors (Lipinski definition) is 4. The summed E-state index contributed by atoms with van der Waals surface area (Å²) in [4.78, 5) is 0. The number of nitrogens with zero attached hydrogens (tertiary/aromatic N) is 2. The van der Waals surface area contributed by atoms with Crippen molar-refractivity contribution < 1.29 is 13.5 Å². The van der Waals surface area contributed by atoms with Crippen molar-refractivity contribution in [2.24, 2.45) is 5.92 Å². The average molecular weight is 286 g/mol. The van der Waals surface area contributed by atoms with Gasteiger partial charge in [0.05, 0.1) is 23.3 Å². The molecule has 2 heterocycles. The maximum atomic E-state index is 11.4. The van der Waals surface area contributed by atoms with Crippen molar-refractivity contribution in [3.05, 3.63) is 17.5 Å². The highest BCUT2D eigenvalue weighted by atomic mass is 32.2. The molecule has 0 radical (unpaired) electrons. The Labute approximate surface area is 114 Å². The van der Waals surface area contributed by atoms with Gasteiger partial charge in [-0.1, -0.05) is 6.92 Å². The lowest BCUT2D eigenvalue weighted by molar-refractivity contribution is 0.118. The summed E-state index contributed by atoms with van der Waals surface area (Å²) in [6.45, 7) is 4.83. The summed E-state index contributed by atoms with van der Waals surface area (Å²) in [5, 5.41) is 14.7. The van der Waals surface area contributed by atoms with Crippen LogP contribution in [0.3, 0.4) is 0 Å². The first-order valence-electron chi connectivity index (χ1n) is 6.89. The molecule has 1 aliphatic heterocycles. The molecule has 0 aromatic carbocycles. The Balaban J connectivity index is 2.06. The zero-order valence-electron chi connectivity index (χ0n) is 11.5. The van der Waals surface area contributed by atoms with Gasteiger partial charge in [0.15, 0.2) is 9.84 Å². The third-order valence-corrected chi connectivity index (χ3v) is 5.60. The molecule has 1 fully saturated rings. The second-order valence-electron chi connectivity index (χ2n) is 5.23. The van der Waals surface area contributed by atoms with Crippen molar-refractivity contribution in [1.82, 2.24) is 9.78 Å². The minimum atomic E-state index is -2.93. The molecule has 0 spiro atoms. The van der Waals surface area contributed by atoms with Crippen LogP contribution in [-0.2, 0) is 29.2 Å². The molecule has 2 atom stereocenters. The lowest BCUT2D eigenvalue weighted by Crippen LogP contribution is -2.25. The Bertz CT molecular complexity index is 536. The summed E-state index contributed by atoms with van der Waals surface area (Å²) in [5.41, 5.74) is 2.01. The molecule has 0 saturated carbocycles. The van der Waals surface area contributed by atoms with Crippen LogP contribution in [0.2, 0.25) is 0 Å². The molecule has 0 amide bonds. The lowest BCUT2D eigenvalue weighted by Gasteiger charge is -2.16. The van der Waals surface area contributed by atoms with E-state index in [1.807, 2.05) is 24.6 Å². The number of sulfone groups is 1. The van der Waals surface area contributed by atoms with E-state index in [0.717, 1.165) is 24.4 Å². The van der Waals surface area contributed by atoms with Crippen LogP contribution in [0.5, 0.6) is 0 Å². The van der Waals surface area contributed by atoms with Crippen molar-refractivity contribution in [2.75, 3.05) is 11.5 Å². The van der Waals surface area contributed by atoms with Gasteiger partial charge >= 0.3 is 0 Å². The third kappa shape index (κ3) is 3.36. The predicted molar refractivity (Wildman–Crippen MR) is 73.8 cm³/mol. The van der Waals surface area contributed by atoms with Gasteiger partial charge in [-0.2, -0.15) is 5.10 Å². The van der Waals surface area contributed by atoms with Crippen LogP contribution < -0.4 is 0 Å². The summed E-state index contributed by atoms with van der Waals surface area (Å²) in [5.74, 6) is 0.201. The largest absolute Gasteiger partial charge is 0.392 e. The molecule has 0 bridgehead atoms. The average Bonchev–Trinajstić information content (AvgIpc) is 2.92. The summed E-state index contributed by atoms with van der Waals surface area (Å²) in [7, 11) is -2.93. The van der Waals surface area contributed by atoms with Crippen LogP contribution in [0.4, 0.5) is 0 Å². The molecule has 1 aliphatic rings. The quantitative estimate of drug-likeness (QED) is 0.869. The molecule has 2 rings (SSSR count). The van der Waals surface area contributed by atoms with E-state index in [-0.39, 0.29) is 17.4 Å². The lowest BCUT2D eigenvalue weighted by atomic mass is 9.98. The summed E-state index contributed by atoms with van der Waals surface area (Å²) >= 11 is 0. The molecule has 2 unspecified atom stereocenters. The normalized spacial score (nSPS) is 23.6. The van der Waals surface area contributed by atoms with Crippen LogP contribution >= 0.6 is 0 Å². The molecule has 5 nitrogen and oxygen atoms in total. The van der Waals surface area contributed by atoms with Gasteiger partial charge in [0, 0.05) is 24.6 Å². The molecule has 1 N–H and O–H groups in total. The summed E-state index contributed by atoms with van der Waals surface area (Å²) < 4.78 is 24.8. The van der Waals surface area contributed by atoms with Crippen LogP contribution in [0.25, 0.3) is 0 Å². The highest BCUT2D eigenvalue weighted by Crippen LogP contribution is 2.24. The molecule has 1 aromatic heterocycles. The van der Waals surface area contributed by atoms with Crippen molar-refractivity contribution in [3.63, 3.8) is 0 Å². The number of aryl methyl sites for hydroxylation is 2. The monoisotopic (exact) mass is 286 g/mol. The first kappa shape index (κ1) is 14.5. The van der Waals surface area contributed by atoms with Gasteiger partial charge in [-0.3, -0.25) is 4.68 Å². The predicted octanol–water partition coefficient (Wildman–Crippen LogP) is 0.803. The van der Waals surface area contributed by atoms with Gasteiger partial charge in [-0.25, -0.2) is 8.42 Å². The van der Waals surface area contributed by atoms with Crippen molar-refractivity contribution in [2.45, 2.75) is 45.8 Å². The Morgan fingerprint density at radius 3 is 2.79 bits per heavy atom. The van der Waals surface area contributed by atoms with Crippen molar-refractivity contribution >= 4 is 9.84 Å². The van der Waals surface area contributed by atoms with Gasteiger partial charge in [0.2, 0.25) is 0 Å². The van der Waals surface area contributed by atoms with E-state index in [1.165, 1.54) is 0 Å². The van der Waals surface area contributed by atoms with E-state index in [1.54, 1.807) is 0 Å². The molecule has 19 heavy (non-hydrogen) atoms. The fourth-order valence-electron chi connectivity index (χ4n) is 2.63. The van der Waals surface area contributed by atoms with Crippen LogP contribution in [0.1, 0.15) is 31.7 Å². The van der Waals surface area contributed by atoms with E-state index < -0.39 is 15.9 Å². The second kappa shape index (κ2) is 5.63. The fraction of sp³-hybridized carbons (Fsp3) is 0.769. The Hall–Kier alpha value is -0.880. The van der Waals surface area contributed by atoms with Gasteiger partial charge < -0.3 is 5.11 Å². The number of aromatic nitrogens is 2. The first-order chi connectivity index (χ1) is 8.95. The molecule has 1 saturated heterocycles. The summed E-state index contributed by atoms with van der Waals surface area (Å²) in [6, 6.07) is 2.01. The number of rotatable bonds is 5. The van der Waals surface area contributed by atoms with Crippen LogP contribution in [0, 0.1) is 5.92 Å². The van der Waals surface area contributed by atoms with Crippen molar-refractivity contribution in [1.29, 1.82) is 0 Å². The second-order valence-corrected chi connectivity index (χ2v) is 7.46. The fourth-order valence-corrected chi connectivity index (χ4v) is 4.50. The molecule has 108 valence electrons. The summed E-state index contributed by atoms with van der Waals surface area (Å²) in [6.07, 6.45) is 1.34. The standard InChI is InChI=1S/C13H22N2O3S/c1-3-11-7-12(15(4-2)14-11)8-13(16)10-5-6-19(17,18)9-10/h7,10,13,16H,3-6,8-9H2,1-2H3. The zero-order chi connectivity index (χ0) is 14.0. The minimum Gasteiger partial charge on any atom is -0.392 e. The van der Waals surface area contributed by atoms with E-state index >= 15 is 0 Å². The minimum absolute atomic E-state index is 0.120. The number of aliphatic hydroxyl groups excluding tert-OH is 1. The van der Waals surface area contributed by atoms with E-state index in [2.05, 4.69) is 5.10 Å². The topological polar surface area (TPSA) is 72.2 Å². The Morgan fingerprint density at radius 1 is 1.53 bits per heavy atom. The van der Waals surface area contributed by atoms with E-state index in [4.69, 9.17) is 0 Å². The Kier molecular flexibility index (Phi) is 4.30. The smallest absolute Gasteiger partial charge is 0.150 e. The van der Waals surface area contributed by atoms with E-state index in [9.17, 15) is 13.5 Å². The van der Waals surface area contributed by atoms with Gasteiger partial charge in [0.1, 0.15) is 0 Å². The first-order valence-corrected chi connectivity index (χ1v) is 8.71. The maximum Gasteiger partial charge on any atom is 0.150 e. The van der Waals surface area contributed by atoms with Crippen molar-refractivity contribution in [3.8, 4) is 0 Å². The SMILES string of the molecule is CCc1cc(CC(O)C2CCS(=O)(=O)C2)n(CC)n1. The highest BCUT2D eigenvalue weighted by molar-refractivity contribution is 7.91. The van der Waals surface area contributed by atoms with Gasteiger partial charge in [-0.05, 0) is 25.8 Å². The Morgan fingerprint density at radius 2 is 2.26 bits per heavy atom. The number of aliphatic hydroxyl groups is 1. The van der Waals surface area contributed by atoms with Gasteiger partial charge in [0.25, 0.3) is 0 Å². The van der Waals surface area contributed by atoms with E-state index in [0.29, 0.717) is 12.8 Å². The molecule has 1 aromatic rings. The molecular weight excluding hydrogens is 264 g/mol. The highest BCUT2D eigenvalue weighted by Gasteiger charge is 2.33. The number of hydrogen-bond donors (Lipinski definition) is 1. The molecular formula is C13H22N2O3S. The zero-order valence-corrected chi connectivity index (χ0v) is 12.4. The van der Waals surface area contributed by atoms with Crippen LogP contribution in [0.15, 0.2) is 6.07 Å². The van der Waals surface area contributed by atoms with Gasteiger partial charge in [-0.15, -0.1) is 0 Å². The third-order valence-electron chi connectivity index (χ3n) is 3.81. The van der Waals surface area contributed by atoms with Crippen LogP contribution in [-0.4, -0.2) is 40.9 Å². The molecule has 6 heteroatoms. The maximum absolute atomic E-state index is 11.4. The molecule has 0 aliphatic carbocycles.